The van der Waals surface area contributed by atoms with Crippen molar-refractivity contribution in [2.24, 2.45) is 0 Å². The molecule has 1 aromatic heterocycles. The Morgan fingerprint density at radius 1 is 1.41 bits per heavy atom. The van der Waals surface area contributed by atoms with Gasteiger partial charge in [0.05, 0.1) is 0 Å². The number of hydrogen-bond acceptors (Lipinski definition) is 3. The van der Waals surface area contributed by atoms with E-state index in [2.05, 4.69) is 27.6 Å². The van der Waals surface area contributed by atoms with Gasteiger partial charge in [-0.3, -0.25) is 4.98 Å². The van der Waals surface area contributed by atoms with Crippen molar-refractivity contribution in [2.45, 2.75) is 33.1 Å². The van der Waals surface area contributed by atoms with Gasteiger partial charge in [-0.15, -0.1) is 0 Å². The Hall–Kier alpha value is -0.210. The molecule has 3 aliphatic carbocycles. The highest BCUT2D eigenvalue weighted by Gasteiger charge is 2.70. The largest absolute Gasteiger partial charge is 0.263 e. The fraction of sp³-hybridized carbons (Fsp3) is 0.545. The molecule has 0 spiro atoms. The van der Waals surface area contributed by atoms with Crippen LogP contribution in [0.15, 0.2) is 29.4 Å². The molecule has 4 rings (SSSR count). The monoisotopic (exact) mass is 364 g/mol. The van der Waals surface area contributed by atoms with Gasteiger partial charge in [-0.1, -0.05) is 22.6 Å². The minimum atomic E-state index is -3.38. The fourth-order valence-corrected chi connectivity index (χ4v) is 6.45. The van der Waals surface area contributed by atoms with Gasteiger partial charge in [-0.25, -0.2) is 8.42 Å². The third-order valence-corrected chi connectivity index (χ3v) is 6.99. The summed E-state index contributed by atoms with van der Waals surface area (Å²) in [4.78, 5) is 4.17. The summed E-state index contributed by atoms with van der Waals surface area (Å²) in [7, 11) is -1.69. The summed E-state index contributed by atoms with van der Waals surface area (Å²) in [6.45, 7) is 0. The van der Waals surface area contributed by atoms with E-state index in [0.29, 0.717) is 3.42 Å². The molecule has 3 saturated carbocycles. The maximum atomic E-state index is 12.4. The van der Waals surface area contributed by atoms with Crippen LogP contribution in [0.25, 0.3) is 0 Å². The molecule has 0 aromatic carbocycles. The molecule has 0 atom stereocenters. The van der Waals surface area contributed by atoms with Crippen LogP contribution in [0, 0.1) is 0 Å². The summed E-state index contributed by atoms with van der Waals surface area (Å²) < 4.78 is 26.7. The maximum Gasteiger partial charge on any atom is 0.244 e. The molecular weight excluding hydrogens is 351 g/mol. The van der Waals surface area contributed by atoms with Crippen molar-refractivity contribution in [1.29, 1.82) is 0 Å². The van der Waals surface area contributed by atoms with E-state index in [4.69, 9.17) is 0 Å². The van der Waals surface area contributed by atoms with Crippen LogP contribution in [0.1, 0.15) is 19.3 Å². The van der Waals surface area contributed by atoms with Crippen molar-refractivity contribution in [3.63, 3.8) is 0 Å². The summed E-state index contributed by atoms with van der Waals surface area (Å²) in [5.41, 5.74) is -0.115. The second kappa shape index (κ2) is 3.42. The predicted octanol–water partition coefficient (Wildman–Crippen LogP) is 1.81. The van der Waals surface area contributed by atoms with E-state index in [1.54, 1.807) is 29.7 Å². The van der Waals surface area contributed by atoms with Crippen molar-refractivity contribution < 1.29 is 8.42 Å². The first-order valence-electron chi connectivity index (χ1n) is 5.46. The van der Waals surface area contributed by atoms with Crippen LogP contribution >= 0.6 is 22.6 Å². The fourth-order valence-electron chi connectivity index (χ4n) is 2.86. The molecule has 3 fully saturated rings. The van der Waals surface area contributed by atoms with Gasteiger partial charge < -0.3 is 0 Å². The van der Waals surface area contributed by atoms with Gasteiger partial charge in [0.15, 0.2) is 0 Å². The van der Waals surface area contributed by atoms with Crippen LogP contribution in [0.4, 0.5) is 0 Å². The Balaban J connectivity index is 1.90. The zero-order chi connectivity index (χ0) is 12.3. The van der Waals surface area contributed by atoms with Crippen LogP contribution in [0.2, 0.25) is 0 Å². The Morgan fingerprint density at radius 3 is 2.53 bits per heavy atom. The number of hydrogen-bond donors (Lipinski definition) is 0. The van der Waals surface area contributed by atoms with E-state index in [1.165, 1.54) is 6.20 Å². The quantitative estimate of drug-likeness (QED) is 0.607. The predicted molar refractivity (Wildman–Crippen MR) is 72.5 cm³/mol. The molecule has 3 aliphatic rings. The number of alkyl halides is 1. The average molecular weight is 364 g/mol. The normalized spacial score (nSPS) is 35.2. The number of sulfonamides is 1. The lowest BCUT2D eigenvalue weighted by Crippen LogP contribution is -2.75. The molecule has 92 valence electrons. The molecule has 4 nitrogen and oxygen atoms in total. The van der Waals surface area contributed by atoms with Crippen LogP contribution in [0.3, 0.4) is 0 Å². The van der Waals surface area contributed by atoms with E-state index in [9.17, 15) is 8.42 Å². The van der Waals surface area contributed by atoms with Gasteiger partial charge in [0.2, 0.25) is 10.0 Å². The molecule has 0 aliphatic heterocycles. The van der Waals surface area contributed by atoms with Gasteiger partial charge in [0.1, 0.15) is 4.90 Å². The van der Waals surface area contributed by atoms with Crippen molar-refractivity contribution in [3.05, 3.63) is 24.5 Å². The Bertz CT molecular complexity index is 538. The number of halogens is 1. The highest BCUT2D eigenvalue weighted by Crippen LogP contribution is 2.68. The van der Waals surface area contributed by atoms with E-state index in [0.717, 1.165) is 19.3 Å². The molecule has 17 heavy (non-hydrogen) atoms. The number of nitrogens with zero attached hydrogens (tertiary/aromatic N) is 2. The van der Waals surface area contributed by atoms with Crippen molar-refractivity contribution in [3.8, 4) is 0 Å². The van der Waals surface area contributed by atoms with Crippen molar-refractivity contribution in [1.82, 2.24) is 9.29 Å². The first-order valence-corrected chi connectivity index (χ1v) is 7.98. The third-order valence-electron chi connectivity index (χ3n) is 3.90. The summed E-state index contributed by atoms with van der Waals surface area (Å²) in [5.74, 6) is 0. The molecular formula is C11H13IN2O2S. The zero-order valence-corrected chi connectivity index (χ0v) is 12.4. The second-order valence-corrected chi connectivity index (χ2v) is 9.32. The second-order valence-electron chi connectivity index (χ2n) is 5.07. The van der Waals surface area contributed by atoms with E-state index in [1.807, 2.05) is 0 Å². The van der Waals surface area contributed by atoms with Gasteiger partial charge in [-0.2, -0.15) is 4.31 Å². The Kier molecular flexibility index (Phi) is 2.38. The maximum absolute atomic E-state index is 12.4. The smallest absolute Gasteiger partial charge is 0.244 e. The lowest BCUT2D eigenvalue weighted by atomic mass is 9.50. The minimum absolute atomic E-state index is 0.115. The molecule has 0 saturated heterocycles. The SMILES string of the molecule is CN(C12CC(I)(C1)C2)S(=O)(=O)c1cccnc1. The molecule has 1 aromatic rings. The number of pyridine rings is 1. The molecule has 0 amide bonds. The van der Waals surface area contributed by atoms with Crippen LogP contribution in [0.5, 0.6) is 0 Å². The summed E-state index contributed by atoms with van der Waals surface area (Å²) >= 11 is 2.45. The highest BCUT2D eigenvalue weighted by molar-refractivity contribution is 14.1. The van der Waals surface area contributed by atoms with Gasteiger partial charge >= 0.3 is 0 Å². The van der Waals surface area contributed by atoms with E-state index in [-0.39, 0.29) is 10.4 Å². The summed E-state index contributed by atoms with van der Waals surface area (Å²) in [6.07, 6.45) is 5.95. The van der Waals surface area contributed by atoms with Crippen LogP contribution in [-0.4, -0.2) is 33.7 Å². The molecule has 0 N–H and O–H groups in total. The zero-order valence-electron chi connectivity index (χ0n) is 9.43. The average Bonchev–Trinajstić information content (AvgIpc) is 2.24. The molecule has 2 bridgehead atoms. The number of rotatable bonds is 3. The van der Waals surface area contributed by atoms with E-state index >= 15 is 0 Å². The van der Waals surface area contributed by atoms with Gasteiger partial charge in [-0.05, 0) is 31.4 Å². The first kappa shape index (κ1) is 11.9. The number of aromatic nitrogens is 1. The standard InChI is InChI=1S/C11H13IN2O2S/c1-14(11-6-10(12,7-11)8-11)17(15,16)9-3-2-4-13-5-9/h2-5H,6-8H2,1H3. The molecule has 6 heteroatoms. The first-order chi connectivity index (χ1) is 7.88. The summed E-state index contributed by atoms with van der Waals surface area (Å²) in [5, 5.41) is 0. The van der Waals surface area contributed by atoms with Gasteiger partial charge in [0.25, 0.3) is 0 Å². The molecule has 0 unspecified atom stereocenters. The third kappa shape index (κ3) is 1.57. The highest BCUT2D eigenvalue weighted by atomic mass is 127. The van der Waals surface area contributed by atoms with Crippen molar-refractivity contribution in [2.75, 3.05) is 7.05 Å². The lowest BCUT2D eigenvalue weighted by Gasteiger charge is -2.70. The topological polar surface area (TPSA) is 50.3 Å². The minimum Gasteiger partial charge on any atom is -0.263 e. The lowest BCUT2D eigenvalue weighted by molar-refractivity contribution is -0.0563. The molecule has 0 radical (unpaired) electrons. The van der Waals surface area contributed by atoms with Crippen LogP contribution in [-0.2, 0) is 10.0 Å². The van der Waals surface area contributed by atoms with Crippen LogP contribution < -0.4 is 0 Å². The van der Waals surface area contributed by atoms with Crippen molar-refractivity contribution >= 4 is 32.6 Å². The molecule has 1 heterocycles. The Morgan fingerprint density at radius 2 is 2.06 bits per heavy atom. The van der Waals surface area contributed by atoms with E-state index < -0.39 is 10.0 Å². The summed E-state index contributed by atoms with van der Waals surface area (Å²) in [6, 6.07) is 3.26. The Labute approximate surface area is 115 Å². The van der Waals surface area contributed by atoms with Gasteiger partial charge in [0, 0.05) is 28.4 Å².